The third kappa shape index (κ3) is 2.11. The molecule has 0 saturated heterocycles. The molecule has 2 heteroatoms. The summed E-state index contributed by atoms with van der Waals surface area (Å²) in [5.74, 6) is 0. The van der Waals surface area contributed by atoms with Crippen molar-refractivity contribution in [2.45, 2.75) is 6.92 Å². The van der Waals surface area contributed by atoms with Gasteiger partial charge in [0.1, 0.15) is 0 Å². The standard InChI is InChI=1S/C20H14BrN/c1-13-17(21)12-19-16(20(13)14-7-3-2-4-8-14)11-15-9-5-6-10-18(15)22-19/h2-12H,1H3. The van der Waals surface area contributed by atoms with E-state index in [0.717, 1.165) is 15.5 Å². The van der Waals surface area contributed by atoms with E-state index in [1.165, 1.54) is 27.5 Å². The lowest BCUT2D eigenvalue weighted by Crippen LogP contribution is -1.91. The number of para-hydroxylation sites is 1. The van der Waals surface area contributed by atoms with E-state index in [0.29, 0.717) is 0 Å². The minimum absolute atomic E-state index is 1.02. The summed E-state index contributed by atoms with van der Waals surface area (Å²) in [6, 6.07) is 23.2. The van der Waals surface area contributed by atoms with Crippen LogP contribution in [0.15, 0.2) is 71.2 Å². The molecule has 1 heterocycles. The van der Waals surface area contributed by atoms with Gasteiger partial charge in [-0.1, -0.05) is 64.5 Å². The molecule has 0 aliphatic rings. The molecule has 0 N–H and O–H groups in total. The number of nitrogens with zero attached hydrogens (tertiary/aromatic N) is 1. The van der Waals surface area contributed by atoms with Crippen LogP contribution in [-0.4, -0.2) is 4.98 Å². The van der Waals surface area contributed by atoms with Crippen LogP contribution < -0.4 is 0 Å². The highest BCUT2D eigenvalue weighted by molar-refractivity contribution is 9.10. The first-order valence-corrected chi connectivity index (χ1v) is 8.07. The number of hydrogen-bond donors (Lipinski definition) is 0. The van der Waals surface area contributed by atoms with Crippen molar-refractivity contribution in [2.24, 2.45) is 0 Å². The summed E-state index contributed by atoms with van der Waals surface area (Å²) >= 11 is 3.69. The number of hydrogen-bond acceptors (Lipinski definition) is 1. The van der Waals surface area contributed by atoms with Gasteiger partial charge in [0.15, 0.2) is 0 Å². The van der Waals surface area contributed by atoms with Gasteiger partial charge in [-0.05, 0) is 41.8 Å². The van der Waals surface area contributed by atoms with Gasteiger partial charge < -0.3 is 0 Å². The van der Waals surface area contributed by atoms with Gasteiger partial charge in [-0.3, -0.25) is 0 Å². The Hall–Kier alpha value is -2.19. The minimum atomic E-state index is 1.02. The van der Waals surface area contributed by atoms with Crippen LogP contribution in [0, 0.1) is 6.92 Å². The summed E-state index contributed by atoms with van der Waals surface area (Å²) in [4.78, 5) is 4.84. The van der Waals surface area contributed by atoms with Crippen LogP contribution in [-0.2, 0) is 0 Å². The minimum Gasteiger partial charge on any atom is -0.248 e. The molecule has 4 aromatic rings. The third-order valence-electron chi connectivity index (χ3n) is 4.08. The van der Waals surface area contributed by atoms with Gasteiger partial charge in [-0.15, -0.1) is 0 Å². The highest BCUT2D eigenvalue weighted by Crippen LogP contribution is 2.36. The molecule has 0 saturated carbocycles. The predicted octanol–water partition coefficient (Wildman–Crippen LogP) is 6.13. The smallest absolute Gasteiger partial charge is 0.0727 e. The zero-order valence-corrected chi connectivity index (χ0v) is 13.8. The van der Waals surface area contributed by atoms with Crippen molar-refractivity contribution in [2.75, 3.05) is 0 Å². The topological polar surface area (TPSA) is 12.9 Å². The fourth-order valence-electron chi connectivity index (χ4n) is 2.97. The second-order valence-corrected chi connectivity index (χ2v) is 6.33. The van der Waals surface area contributed by atoms with Crippen LogP contribution in [0.3, 0.4) is 0 Å². The molecule has 0 aliphatic carbocycles. The SMILES string of the molecule is Cc1c(Br)cc2nc3ccccc3cc2c1-c1ccccc1. The maximum absolute atomic E-state index is 4.84. The Labute approximate surface area is 137 Å². The lowest BCUT2D eigenvalue weighted by Gasteiger charge is -2.13. The van der Waals surface area contributed by atoms with Crippen molar-refractivity contribution in [3.05, 3.63) is 76.8 Å². The van der Waals surface area contributed by atoms with Crippen molar-refractivity contribution in [1.82, 2.24) is 4.98 Å². The van der Waals surface area contributed by atoms with E-state index in [2.05, 4.69) is 77.5 Å². The molecule has 0 spiro atoms. The average molecular weight is 348 g/mol. The van der Waals surface area contributed by atoms with Crippen molar-refractivity contribution < 1.29 is 0 Å². The van der Waals surface area contributed by atoms with Crippen LogP contribution in [0.4, 0.5) is 0 Å². The Kier molecular flexibility index (Phi) is 3.20. The first kappa shape index (κ1) is 13.5. The molecule has 1 aromatic heterocycles. The van der Waals surface area contributed by atoms with E-state index in [9.17, 15) is 0 Å². The molecule has 0 aliphatic heterocycles. The first-order valence-electron chi connectivity index (χ1n) is 7.28. The maximum Gasteiger partial charge on any atom is 0.0727 e. The van der Waals surface area contributed by atoms with Crippen LogP contribution in [0.25, 0.3) is 32.9 Å². The summed E-state index contributed by atoms with van der Waals surface area (Å²) in [5, 5.41) is 2.37. The first-order chi connectivity index (χ1) is 10.7. The molecule has 0 amide bonds. The summed E-state index contributed by atoms with van der Waals surface area (Å²) in [6.45, 7) is 2.15. The average Bonchev–Trinajstić information content (AvgIpc) is 2.55. The number of halogens is 1. The monoisotopic (exact) mass is 347 g/mol. The fraction of sp³-hybridized carbons (Fsp3) is 0.0500. The van der Waals surface area contributed by atoms with E-state index in [4.69, 9.17) is 4.98 Å². The van der Waals surface area contributed by atoms with Crippen LogP contribution >= 0.6 is 15.9 Å². The number of rotatable bonds is 1. The second-order valence-electron chi connectivity index (χ2n) is 5.47. The second kappa shape index (κ2) is 5.22. The predicted molar refractivity (Wildman–Crippen MR) is 97.1 cm³/mol. The molecule has 0 fully saturated rings. The van der Waals surface area contributed by atoms with Crippen LogP contribution in [0.5, 0.6) is 0 Å². The Balaban J connectivity index is 2.17. The Morgan fingerprint density at radius 3 is 2.36 bits per heavy atom. The van der Waals surface area contributed by atoms with Crippen molar-refractivity contribution in [1.29, 1.82) is 0 Å². The Morgan fingerprint density at radius 1 is 0.818 bits per heavy atom. The summed E-state index contributed by atoms with van der Waals surface area (Å²) in [5.41, 5.74) is 5.78. The summed E-state index contributed by atoms with van der Waals surface area (Å²) in [7, 11) is 0. The van der Waals surface area contributed by atoms with Gasteiger partial charge in [0.25, 0.3) is 0 Å². The third-order valence-corrected chi connectivity index (χ3v) is 4.91. The number of pyridine rings is 1. The maximum atomic E-state index is 4.84. The molecule has 0 bridgehead atoms. The van der Waals surface area contributed by atoms with Crippen molar-refractivity contribution in [3.8, 4) is 11.1 Å². The number of fused-ring (bicyclic) bond motifs is 2. The molecule has 0 atom stereocenters. The Morgan fingerprint density at radius 2 is 1.55 bits per heavy atom. The van der Waals surface area contributed by atoms with Crippen molar-refractivity contribution in [3.63, 3.8) is 0 Å². The number of benzene rings is 3. The lowest BCUT2D eigenvalue weighted by atomic mass is 9.95. The Bertz CT molecular complexity index is 991. The normalized spacial score (nSPS) is 11.2. The molecule has 22 heavy (non-hydrogen) atoms. The van der Waals surface area contributed by atoms with E-state index < -0.39 is 0 Å². The fourth-order valence-corrected chi connectivity index (χ4v) is 3.38. The highest BCUT2D eigenvalue weighted by atomic mass is 79.9. The molecular formula is C20H14BrN. The highest BCUT2D eigenvalue weighted by Gasteiger charge is 2.12. The van der Waals surface area contributed by atoms with E-state index in [-0.39, 0.29) is 0 Å². The van der Waals surface area contributed by atoms with E-state index in [1.54, 1.807) is 0 Å². The van der Waals surface area contributed by atoms with Gasteiger partial charge in [-0.2, -0.15) is 0 Å². The lowest BCUT2D eigenvalue weighted by molar-refractivity contribution is 1.42. The largest absolute Gasteiger partial charge is 0.248 e. The molecule has 106 valence electrons. The molecular weight excluding hydrogens is 334 g/mol. The van der Waals surface area contributed by atoms with Gasteiger partial charge in [0.2, 0.25) is 0 Å². The molecule has 3 aromatic carbocycles. The van der Waals surface area contributed by atoms with Crippen LogP contribution in [0.2, 0.25) is 0 Å². The van der Waals surface area contributed by atoms with Gasteiger partial charge >= 0.3 is 0 Å². The van der Waals surface area contributed by atoms with E-state index >= 15 is 0 Å². The molecule has 1 nitrogen and oxygen atoms in total. The van der Waals surface area contributed by atoms with Gasteiger partial charge in [0, 0.05) is 15.2 Å². The molecule has 0 radical (unpaired) electrons. The van der Waals surface area contributed by atoms with Crippen LogP contribution in [0.1, 0.15) is 5.56 Å². The van der Waals surface area contributed by atoms with Crippen molar-refractivity contribution >= 4 is 37.7 Å². The zero-order chi connectivity index (χ0) is 15.1. The van der Waals surface area contributed by atoms with E-state index in [1.807, 2.05) is 12.1 Å². The quantitative estimate of drug-likeness (QED) is 0.377. The summed E-state index contributed by atoms with van der Waals surface area (Å²) in [6.07, 6.45) is 0. The van der Waals surface area contributed by atoms with Gasteiger partial charge in [-0.25, -0.2) is 4.98 Å². The zero-order valence-electron chi connectivity index (χ0n) is 12.2. The molecule has 0 unspecified atom stereocenters. The number of aromatic nitrogens is 1. The molecule has 4 rings (SSSR count). The van der Waals surface area contributed by atoms with Gasteiger partial charge in [0.05, 0.1) is 11.0 Å². The summed E-state index contributed by atoms with van der Waals surface area (Å²) < 4.78 is 1.10.